The number of rotatable bonds is 1. The van der Waals surface area contributed by atoms with Crippen molar-refractivity contribution in [2.75, 3.05) is 0 Å². The zero-order chi connectivity index (χ0) is 10.3. The van der Waals surface area contributed by atoms with Gasteiger partial charge in [-0.2, -0.15) is 0 Å². The zero-order valence-corrected chi connectivity index (χ0v) is 10.2. The molecule has 2 bridgehead atoms. The highest BCUT2D eigenvalue weighted by Crippen LogP contribution is 2.43. The molecular formula is C13H25N. The van der Waals surface area contributed by atoms with Gasteiger partial charge in [0, 0.05) is 17.6 Å². The number of nitrogens with zero attached hydrogens (tertiary/aromatic N) is 1. The SMILES string of the molecule is CCC1CC2CCC(C1)N2C(C)(C)C. The van der Waals surface area contributed by atoms with Gasteiger partial charge in [0.15, 0.2) is 0 Å². The van der Waals surface area contributed by atoms with Gasteiger partial charge in [0.05, 0.1) is 0 Å². The van der Waals surface area contributed by atoms with Gasteiger partial charge >= 0.3 is 0 Å². The Morgan fingerprint density at radius 3 is 1.93 bits per heavy atom. The highest BCUT2D eigenvalue weighted by atomic mass is 15.3. The fraction of sp³-hybridized carbons (Fsp3) is 1.00. The second-order valence-electron chi connectivity index (χ2n) is 6.21. The molecule has 0 saturated carbocycles. The Morgan fingerprint density at radius 2 is 1.57 bits per heavy atom. The molecule has 0 aromatic heterocycles. The Morgan fingerprint density at radius 1 is 1.07 bits per heavy atom. The summed E-state index contributed by atoms with van der Waals surface area (Å²) in [6, 6.07) is 1.80. The van der Waals surface area contributed by atoms with Crippen molar-refractivity contribution in [3.8, 4) is 0 Å². The second-order valence-corrected chi connectivity index (χ2v) is 6.21. The minimum absolute atomic E-state index is 0.393. The fourth-order valence-corrected chi connectivity index (χ4v) is 3.72. The first-order valence-corrected chi connectivity index (χ1v) is 6.30. The van der Waals surface area contributed by atoms with E-state index >= 15 is 0 Å². The van der Waals surface area contributed by atoms with Crippen LogP contribution in [0.4, 0.5) is 0 Å². The summed E-state index contributed by atoms with van der Waals surface area (Å²) >= 11 is 0. The molecule has 2 heterocycles. The summed E-state index contributed by atoms with van der Waals surface area (Å²) in [7, 11) is 0. The highest BCUT2D eigenvalue weighted by molar-refractivity contribution is 4.99. The van der Waals surface area contributed by atoms with Gasteiger partial charge in [-0.05, 0) is 52.4 Å². The predicted octanol–water partition coefficient (Wildman–Crippen LogP) is 3.44. The van der Waals surface area contributed by atoms with Gasteiger partial charge in [0.25, 0.3) is 0 Å². The summed E-state index contributed by atoms with van der Waals surface area (Å²) in [4.78, 5) is 2.80. The van der Waals surface area contributed by atoms with Crippen LogP contribution in [0, 0.1) is 5.92 Å². The first kappa shape index (κ1) is 10.5. The van der Waals surface area contributed by atoms with Crippen molar-refractivity contribution in [1.82, 2.24) is 4.90 Å². The molecule has 1 nitrogen and oxygen atoms in total. The summed E-state index contributed by atoms with van der Waals surface area (Å²) in [5, 5.41) is 0. The number of hydrogen-bond donors (Lipinski definition) is 0. The Hall–Kier alpha value is -0.0400. The van der Waals surface area contributed by atoms with Crippen molar-refractivity contribution < 1.29 is 0 Å². The van der Waals surface area contributed by atoms with E-state index < -0.39 is 0 Å². The van der Waals surface area contributed by atoms with Crippen LogP contribution < -0.4 is 0 Å². The molecule has 14 heavy (non-hydrogen) atoms. The minimum atomic E-state index is 0.393. The molecule has 2 saturated heterocycles. The van der Waals surface area contributed by atoms with Crippen LogP contribution >= 0.6 is 0 Å². The lowest BCUT2D eigenvalue weighted by Crippen LogP contribution is -2.52. The summed E-state index contributed by atoms with van der Waals surface area (Å²) in [6.45, 7) is 9.50. The molecule has 0 spiro atoms. The summed E-state index contributed by atoms with van der Waals surface area (Å²) < 4.78 is 0. The number of fused-ring (bicyclic) bond motifs is 2. The molecule has 2 fully saturated rings. The maximum absolute atomic E-state index is 2.80. The third-order valence-electron chi connectivity index (χ3n) is 4.18. The van der Waals surface area contributed by atoms with Crippen LogP contribution in [0.25, 0.3) is 0 Å². The van der Waals surface area contributed by atoms with Crippen molar-refractivity contribution in [2.45, 2.75) is 77.4 Å². The molecule has 0 radical (unpaired) electrons. The number of piperidine rings is 1. The molecule has 2 rings (SSSR count). The molecule has 2 unspecified atom stereocenters. The lowest BCUT2D eigenvalue weighted by atomic mass is 9.86. The first-order chi connectivity index (χ1) is 6.52. The summed E-state index contributed by atoms with van der Waals surface area (Å²) in [5.41, 5.74) is 0.393. The molecule has 2 aliphatic rings. The monoisotopic (exact) mass is 195 g/mol. The summed E-state index contributed by atoms with van der Waals surface area (Å²) in [5.74, 6) is 1.02. The average Bonchev–Trinajstić information content (AvgIpc) is 2.38. The molecule has 82 valence electrons. The largest absolute Gasteiger partial charge is 0.293 e. The Bertz CT molecular complexity index is 190. The van der Waals surface area contributed by atoms with Crippen LogP contribution in [0.5, 0.6) is 0 Å². The number of hydrogen-bond acceptors (Lipinski definition) is 1. The van der Waals surface area contributed by atoms with Crippen LogP contribution in [0.3, 0.4) is 0 Å². The summed E-state index contributed by atoms with van der Waals surface area (Å²) in [6.07, 6.45) is 7.23. The maximum Gasteiger partial charge on any atom is 0.0130 e. The molecular weight excluding hydrogens is 170 g/mol. The van der Waals surface area contributed by atoms with Crippen LogP contribution in [0.1, 0.15) is 59.8 Å². The molecule has 2 aliphatic heterocycles. The van der Waals surface area contributed by atoms with Gasteiger partial charge in [-0.15, -0.1) is 0 Å². The van der Waals surface area contributed by atoms with E-state index in [1.54, 1.807) is 0 Å². The molecule has 2 atom stereocenters. The van der Waals surface area contributed by atoms with E-state index in [9.17, 15) is 0 Å². The maximum atomic E-state index is 2.80. The average molecular weight is 195 g/mol. The fourth-order valence-electron chi connectivity index (χ4n) is 3.72. The molecule has 0 N–H and O–H groups in total. The Balaban J connectivity index is 2.10. The zero-order valence-electron chi connectivity index (χ0n) is 10.2. The van der Waals surface area contributed by atoms with E-state index in [4.69, 9.17) is 0 Å². The predicted molar refractivity (Wildman–Crippen MR) is 61.4 cm³/mol. The van der Waals surface area contributed by atoms with Gasteiger partial charge < -0.3 is 0 Å². The molecule has 0 amide bonds. The topological polar surface area (TPSA) is 3.24 Å². The van der Waals surface area contributed by atoms with Gasteiger partial charge in [-0.3, -0.25) is 4.90 Å². The van der Waals surface area contributed by atoms with Crippen LogP contribution in [0.2, 0.25) is 0 Å². The van der Waals surface area contributed by atoms with E-state index in [0.29, 0.717) is 5.54 Å². The second kappa shape index (κ2) is 3.52. The lowest BCUT2D eigenvalue weighted by molar-refractivity contribution is 0.0215. The lowest BCUT2D eigenvalue weighted by Gasteiger charge is -2.46. The van der Waals surface area contributed by atoms with Crippen molar-refractivity contribution in [2.24, 2.45) is 5.92 Å². The Labute approximate surface area is 88.9 Å². The molecule has 0 aliphatic carbocycles. The van der Waals surface area contributed by atoms with E-state index in [1.165, 1.54) is 32.1 Å². The van der Waals surface area contributed by atoms with E-state index in [1.807, 2.05) is 0 Å². The quantitative estimate of drug-likeness (QED) is 0.619. The van der Waals surface area contributed by atoms with Crippen molar-refractivity contribution in [1.29, 1.82) is 0 Å². The van der Waals surface area contributed by atoms with Gasteiger partial charge in [0.1, 0.15) is 0 Å². The van der Waals surface area contributed by atoms with Crippen molar-refractivity contribution in [3.63, 3.8) is 0 Å². The van der Waals surface area contributed by atoms with Gasteiger partial charge in [0.2, 0.25) is 0 Å². The van der Waals surface area contributed by atoms with Crippen LogP contribution in [-0.2, 0) is 0 Å². The van der Waals surface area contributed by atoms with Crippen molar-refractivity contribution >= 4 is 0 Å². The Kier molecular flexibility index (Phi) is 2.63. The van der Waals surface area contributed by atoms with E-state index in [0.717, 1.165) is 18.0 Å². The third-order valence-corrected chi connectivity index (χ3v) is 4.18. The van der Waals surface area contributed by atoms with Crippen LogP contribution in [0.15, 0.2) is 0 Å². The third kappa shape index (κ3) is 1.71. The molecule has 0 aromatic carbocycles. The smallest absolute Gasteiger partial charge is 0.0130 e. The van der Waals surface area contributed by atoms with Crippen LogP contribution in [-0.4, -0.2) is 22.5 Å². The standard InChI is InChI=1S/C13H25N/c1-5-10-8-11-6-7-12(9-10)14(11)13(2,3)4/h10-12H,5-9H2,1-4H3. The highest BCUT2D eigenvalue weighted by Gasteiger charge is 2.44. The molecule has 0 aromatic rings. The van der Waals surface area contributed by atoms with E-state index in [2.05, 4.69) is 32.6 Å². The minimum Gasteiger partial charge on any atom is -0.293 e. The van der Waals surface area contributed by atoms with Crippen molar-refractivity contribution in [3.05, 3.63) is 0 Å². The van der Waals surface area contributed by atoms with Gasteiger partial charge in [-0.25, -0.2) is 0 Å². The first-order valence-electron chi connectivity index (χ1n) is 6.30. The molecule has 1 heteroatoms. The van der Waals surface area contributed by atoms with E-state index in [-0.39, 0.29) is 0 Å². The van der Waals surface area contributed by atoms with Gasteiger partial charge in [-0.1, -0.05) is 13.3 Å². The normalized spacial score (nSPS) is 39.0.